The van der Waals surface area contributed by atoms with Gasteiger partial charge in [-0.25, -0.2) is 4.98 Å². The average molecular weight is 1020 g/mol. The molecule has 1 aliphatic heterocycles. The van der Waals surface area contributed by atoms with Crippen LogP contribution in [0.3, 0.4) is 0 Å². The van der Waals surface area contributed by atoms with Gasteiger partial charge in [0, 0.05) is 61.1 Å². The van der Waals surface area contributed by atoms with Gasteiger partial charge in [0.15, 0.2) is 0 Å². The van der Waals surface area contributed by atoms with Crippen LogP contribution in [-0.4, -0.2) is 9.55 Å². The number of ether oxygens (including phenoxy) is 1. The predicted octanol–water partition coefficient (Wildman–Crippen LogP) is 15.8. The van der Waals surface area contributed by atoms with Gasteiger partial charge in [-0.2, -0.15) is 6.07 Å². The van der Waals surface area contributed by atoms with Gasteiger partial charge in [-0.1, -0.05) is 154 Å². The van der Waals surface area contributed by atoms with Crippen molar-refractivity contribution in [2.75, 3.05) is 9.80 Å². The minimum atomic E-state index is -0.185. The summed E-state index contributed by atoms with van der Waals surface area (Å²) in [6, 6.07) is 54.9. The van der Waals surface area contributed by atoms with Crippen molar-refractivity contribution in [2.24, 2.45) is 5.41 Å². The van der Waals surface area contributed by atoms with E-state index in [1.54, 1.807) is 0 Å². The van der Waals surface area contributed by atoms with Crippen LogP contribution in [0.2, 0.25) is 0 Å². The van der Waals surface area contributed by atoms with Gasteiger partial charge in [0.25, 0.3) is 0 Å². The van der Waals surface area contributed by atoms with E-state index in [1.807, 2.05) is 12.3 Å². The van der Waals surface area contributed by atoms with Crippen molar-refractivity contribution in [3.63, 3.8) is 0 Å². The summed E-state index contributed by atoms with van der Waals surface area (Å²) in [4.78, 5) is 9.37. The first-order valence-electron chi connectivity index (χ1n) is 22.2. The molecule has 8 aromatic rings. The molecule has 64 heavy (non-hydrogen) atoms. The summed E-state index contributed by atoms with van der Waals surface area (Å²) in [6.07, 6.45) is 4.16. The molecular weight excluding hydrogens is 964 g/mol. The van der Waals surface area contributed by atoms with Crippen LogP contribution in [0.5, 0.6) is 11.5 Å². The van der Waals surface area contributed by atoms with Crippen LogP contribution in [0.1, 0.15) is 97.8 Å². The van der Waals surface area contributed by atoms with Crippen LogP contribution in [-0.2, 0) is 26.5 Å². The van der Waals surface area contributed by atoms with Crippen molar-refractivity contribution in [2.45, 2.75) is 86.5 Å². The Kier molecular flexibility index (Phi) is 12.3. The fraction of sp³-hybridized carbons (Fsp3) is 0.241. The molecule has 0 saturated carbocycles. The Balaban J connectivity index is 0.00000560. The molecule has 0 unspecified atom stereocenters. The van der Waals surface area contributed by atoms with Gasteiger partial charge in [-0.05, 0) is 92.5 Å². The van der Waals surface area contributed by atoms with E-state index in [9.17, 15) is 0 Å². The van der Waals surface area contributed by atoms with Crippen LogP contribution in [0.25, 0.3) is 49.9 Å². The second-order valence-electron chi connectivity index (χ2n) is 19.5. The Bertz CT molecular complexity index is 2960. The fourth-order valence-corrected chi connectivity index (χ4v) is 8.79. The standard InChI is InChI=1S/C58H57N4O.Pt/c1-38(2)48-20-16-21-49(39(3)4)56(48)41-23-25-44(26-24-41)60-36-54(58(8,9)10)61(37-60)45-31-42(40-17-12-11-13-18-40)32-47(34-45)63-46-27-28-51-50-19-14-15-22-52(50)62(53(51)35-46)55-33-43(29-30-59-55)57(5,6)7;/h11-33,36-39H,1-10H3;/q-3;. The number of hydrogen-bond donors (Lipinski definition) is 0. The molecule has 2 aromatic heterocycles. The molecule has 0 bridgehead atoms. The third-order valence-electron chi connectivity index (χ3n) is 12.2. The maximum atomic E-state index is 6.84. The number of benzene rings is 6. The minimum Gasteiger partial charge on any atom is -0.509 e. The molecule has 0 atom stereocenters. The second-order valence-corrected chi connectivity index (χ2v) is 19.5. The van der Waals surface area contributed by atoms with Crippen LogP contribution in [0, 0.1) is 24.2 Å². The number of pyridine rings is 1. The number of para-hydroxylation sites is 1. The monoisotopic (exact) mass is 1020 g/mol. The largest absolute Gasteiger partial charge is 0.509 e. The SMILES string of the molecule is CC(C)c1cccc(C(C)C)c1-c1ccc(N2C=C(C(C)(C)C)N(c3[c-]c(Oc4[c-]c5c(cc4)c4ccccc4n5-c4cc(C(C)(C)C)ccn4)cc(-c4ccccc4)c3)[CH-]2)cc1.[Pt]. The first kappa shape index (κ1) is 44.7. The molecule has 0 spiro atoms. The van der Waals surface area contributed by atoms with E-state index in [2.05, 4.69) is 236 Å². The van der Waals surface area contributed by atoms with E-state index >= 15 is 0 Å². The Morgan fingerprint density at radius 1 is 0.609 bits per heavy atom. The molecule has 6 aromatic carbocycles. The topological polar surface area (TPSA) is 33.5 Å². The Morgan fingerprint density at radius 2 is 1.30 bits per heavy atom. The van der Waals surface area contributed by atoms with Crippen molar-refractivity contribution in [1.82, 2.24) is 9.55 Å². The molecule has 328 valence electrons. The molecule has 0 fully saturated rings. The van der Waals surface area contributed by atoms with E-state index in [0.29, 0.717) is 23.3 Å². The summed E-state index contributed by atoms with van der Waals surface area (Å²) in [5, 5.41) is 2.23. The summed E-state index contributed by atoms with van der Waals surface area (Å²) in [5.41, 5.74) is 13.6. The van der Waals surface area contributed by atoms with Crippen molar-refractivity contribution >= 4 is 33.2 Å². The van der Waals surface area contributed by atoms with E-state index in [0.717, 1.165) is 55.8 Å². The van der Waals surface area contributed by atoms with Crippen LogP contribution in [0.4, 0.5) is 11.4 Å². The quantitative estimate of drug-likeness (QED) is 0.135. The predicted molar refractivity (Wildman–Crippen MR) is 264 cm³/mol. The molecule has 9 rings (SSSR count). The molecule has 5 nitrogen and oxygen atoms in total. The van der Waals surface area contributed by atoms with Gasteiger partial charge in [0.1, 0.15) is 5.82 Å². The maximum Gasteiger partial charge on any atom is 0.135 e. The molecular formula is C58H57N4OPt-3. The first-order valence-corrected chi connectivity index (χ1v) is 22.2. The number of rotatable bonds is 9. The second kappa shape index (κ2) is 17.6. The number of hydrogen-bond acceptors (Lipinski definition) is 4. The van der Waals surface area contributed by atoms with E-state index in [-0.39, 0.29) is 31.9 Å². The maximum absolute atomic E-state index is 6.84. The van der Waals surface area contributed by atoms with Gasteiger partial charge < -0.3 is 19.1 Å². The molecule has 3 heterocycles. The van der Waals surface area contributed by atoms with E-state index in [1.165, 1.54) is 27.8 Å². The smallest absolute Gasteiger partial charge is 0.135 e. The normalized spacial score (nSPS) is 13.3. The molecule has 0 aliphatic carbocycles. The third kappa shape index (κ3) is 8.68. The molecule has 1 aliphatic rings. The first-order chi connectivity index (χ1) is 30.1. The summed E-state index contributed by atoms with van der Waals surface area (Å²) >= 11 is 0. The zero-order chi connectivity index (χ0) is 44.2. The van der Waals surface area contributed by atoms with Gasteiger partial charge >= 0.3 is 0 Å². The fourth-order valence-electron chi connectivity index (χ4n) is 8.79. The average Bonchev–Trinajstić information content (AvgIpc) is 3.87. The van der Waals surface area contributed by atoms with Gasteiger partial charge in [0.05, 0.1) is 0 Å². The summed E-state index contributed by atoms with van der Waals surface area (Å²) in [7, 11) is 0. The van der Waals surface area contributed by atoms with Crippen molar-refractivity contribution in [3.8, 4) is 39.6 Å². The van der Waals surface area contributed by atoms with Crippen LogP contribution in [0.15, 0.2) is 152 Å². The van der Waals surface area contributed by atoms with E-state index < -0.39 is 0 Å². The molecule has 0 amide bonds. The summed E-state index contributed by atoms with van der Waals surface area (Å²) in [5.74, 6) is 2.91. The van der Waals surface area contributed by atoms with Gasteiger partial charge in [-0.15, -0.1) is 53.6 Å². The molecule has 0 radical (unpaired) electrons. The zero-order valence-electron chi connectivity index (χ0n) is 38.6. The van der Waals surface area contributed by atoms with Gasteiger partial charge in [-0.3, -0.25) is 0 Å². The van der Waals surface area contributed by atoms with Crippen LogP contribution < -0.4 is 14.5 Å². The minimum absolute atomic E-state index is 0. The van der Waals surface area contributed by atoms with Crippen molar-refractivity contribution in [1.29, 1.82) is 0 Å². The summed E-state index contributed by atoms with van der Waals surface area (Å²) < 4.78 is 9.04. The van der Waals surface area contributed by atoms with Gasteiger partial charge in [0.2, 0.25) is 0 Å². The number of nitrogens with zero attached hydrogens (tertiary/aromatic N) is 4. The number of fused-ring (bicyclic) bond motifs is 3. The van der Waals surface area contributed by atoms with Crippen molar-refractivity contribution in [3.05, 3.63) is 187 Å². The third-order valence-corrected chi connectivity index (χ3v) is 12.2. The Hall–Kier alpha value is -5.90. The van der Waals surface area contributed by atoms with Crippen LogP contribution >= 0.6 is 0 Å². The zero-order valence-corrected chi connectivity index (χ0v) is 40.9. The van der Waals surface area contributed by atoms with Crippen molar-refractivity contribution < 1.29 is 25.8 Å². The Morgan fingerprint density at radius 3 is 1.97 bits per heavy atom. The molecule has 6 heteroatoms. The Labute approximate surface area is 394 Å². The molecule has 0 N–H and O–H groups in total. The number of allylic oxidation sites excluding steroid dienone is 1. The number of aromatic nitrogens is 2. The molecule has 0 saturated heterocycles. The number of anilines is 2. The van der Waals surface area contributed by atoms with E-state index in [4.69, 9.17) is 9.72 Å². The summed E-state index contributed by atoms with van der Waals surface area (Å²) in [6.45, 7) is 24.8.